The predicted octanol–water partition coefficient (Wildman–Crippen LogP) is 2.22. The molecule has 2 aliphatic heterocycles. The summed E-state index contributed by atoms with van der Waals surface area (Å²) in [6, 6.07) is 0. The number of nitrogens with one attached hydrogen (secondary N) is 1. The van der Waals surface area contributed by atoms with Crippen LogP contribution in [0, 0.1) is 5.92 Å². The summed E-state index contributed by atoms with van der Waals surface area (Å²) in [4.78, 5) is 7.72. The molecule has 2 heterocycles. The van der Waals surface area contributed by atoms with Crippen molar-refractivity contribution < 1.29 is 0 Å². The molecule has 0 aromatic carbocycles. The van der Waals surface area contributed by atoms with E-state index in [1.807, 2.05) is 34.7 Å². The minimum absolute atomic E-state index is 0.944. The fraction of sp³-hybridized carbons (Fsp3) is 1.00. The van der Waals surface area contributed by atoms with Gasteiger partial charge in [-0.25, -0.2) is 0 Å². The zero-order valence-electron chi connectivity index (χ0n) is 16.2. The highest BCUT2D eigenvalue weighted by Gasteiger charge is 2.22. The highest BCUT2D eigenvalue weighted by atomic mass is 15.2. The zero-order chi connectivity index (χ0) is 16.8. The van der Waals surface area contributed by atoms with Gasteiger partial charge in [0.15, 0.2) is 0 Å². The molecule has 0 amide bonds. The topological polar surface area (TPSA) is 21.8 Å². The average molecular weight is 315 g/mol. The van der Waals surface area contributed by atoms with E-state index in [9.17, 15) is 0 Å². The summed E-state index contributed by atoms with van der Waals surface area (Å²) in [5.41, 5.74) is 0. The fourth-order valence-electron chi connectivity index (χ4n) is 3.06. The number of piperazine rings is 1. The van der Waals surface area contributed by atoms with E-state index in [0.717, 1.165) is 12.5 Å². The molecule has 0 spiro atoms. The maximum atomic E-state index is 3.24. The molecule has 0 aromatic rings. The van der Waals surface area contributed by atoms with Gasteiger partial charge in [0.25, 0.3) is 0 Å². The van der Waals surface area contributed by atoms with E-state index < -0.39 is 0 Å². The molecule has 4 heteroatoms. The molecule has 0 atom stereocenters. The molecule has 2 rings (SSSR count). The Morgan fingerprint density at radius 1 is 0.818 bits per heavy atom. The second kappa shape index (κ2) is 14.4. The maximum Gasteiger partial charge on any atom is 0.0110 e. The van der Waals surface area contributed by atoms with Crippen LogP contribution in [0.1, 0.15) is 40.5 Å². The van der Waals surface area contributed by atoms with Gasteiger partial charge < -0.3 is 20.0 Å². The summed E-state index contributed by atoms with van der Waals surface area (Å²) in [5, 5.41) is 3.24. The average Bonchev–Trinajstić information content (AvgIpc) is 2.60. The van der Waals surface area contributed by atoms with Gasteiger partial charge in [0.2, 0.25) is 0 Å². The Bertz CT molecular complexity index is 219. The monoisotopic (exact) mass is 314 g/mol. The number of nitrogens with zero attached hydrogens (tertiary/aromatic N) is 3. The predicted molar refractivity (Wildman–Crippen MR) is 99.7 cm³/mol. The molecular formula is C18H42N4. The molecule has 4 nitrogen and oxygen atoms in total. The summed E-state index contributed by atoms with van der Waals surface area (Å²) >= 11 is 0. The third kappa shape index (κ3) is 9.09. The Labute approximate surface area is 140 Å². The Balaban J connectivity index is 0.00000102. The first-order valence-corrected chi connectivity index (χ1v) is 9.56. The second-order valence-electron chi connectivity index (χ2n) is 5.99. The Kier molecular flexibility index (Phi) is 14.3. The number of hydrogen-bond acceptors (Lipinski definition) is 4. The minimum atomic E-state index is 0.944. The third-order valence-corrected chi connectivity index (χ3v) is 4.50. The molecule has 0 bridgehead atoms. The normalized spacial score (nSPS) is 21.5. The van der Waals surface area contributed by atoms with Crippen LogP contribution >= 0.6 is 0 Å². The highest BCUT2D eigenvalue weighted by molar-refractivity contribution is 4.77. The van der Waals surface area contributed by atoms with Gasteiger partial charge in [-0.2, -0.15) is 0 Å². The molecule has 134 valence electrons. The summed E-state index contributed by atoms with van der Waals surface area (Å²) in [6.07, 6.45) is 2.80. The van der Waals surface area contributed by atoms with E-state index in [1.165, 1.54) is 65.2 Å². The zero-order valence-corrected chi connectivity index (χ0v) is 16.2. The minimum Gasteiger partial charge on any atom is -0.318 e. The van der Waals surface area contributed by atoms with Crippen molar-refractivity contribution in [3.05, 3.63) is 0 Å². The largest absolute Gasteiger partial charge is 0.318 e. The van der Waals surface area contributed by atoms with Gasteiger partial charge in [-0.3, -0.25) is 0 Å². The van der Waals surface area contributed by atoms with Crippen molar-refractivity contribution in [3.63, 3.8) is 0 Å². The van der Waals surface area contributed by atoms with Crippen molar-refractivity contribution in [1.82, 2.24) is 20.0 Å². The standard InChI is InChI=1S/C14H30N4.2C2H6/c1-15-5-8-17-6-3-14(4-7-17)13-18-11-9-16(2)10-12-18;2*1-2/h14-15H,3-13H2,1-2H3;2*1-2H3. The summed E-state index contributed by atoms with van der Waals surface area (Å²) in [6.45, 7) is 19.4. The van der Waals surface area contributed by atoms with Gasteiger partial charge in [-0.05, 0) is 45.9 Å². The fourth-order valence-corrected chi connectivity index (χ4v) is 3.06. The molecule has 0 aliphatic carbocycles. The molecule has 1 N–H and O–H groups in total. The second-order valence-corrected chi connectivity index (χ2v) is 5.99. The van der Waals surface area contributed by atoms with Gasteiger partial charge in [0, 0.05) is 45.8 Å². The van der Waals surface area contributed by atoms with E-state index in [0.29, 0.717) is 0 Å². The lowest BCUT2D eigenvalue weighted by Crippen LogP contribution is -2.47. The first-order chi connectivity index (χ1) is 10.8. The lowest BCUT2D eigenvalue weighted by atomic mass is 9.96. The highest BCUT2D eigenvalue weighted by Crippen LogP contribution is 2.18. The first-order valence-electron chi connectivity index (χ1n) is 9.56. The molecule has 2 fully saturated rings. The van der Waals surface area contributed by atoms with Crippen LogP contribution in [-0.4, -0.2) is 87.7 Å². The quantitative estimate of drug-likeness (QED) is 0.840. The molecule has 22 heavy (non-hydrogen) atoms. The summed E-state index contributed by atoms with van der Waals surface area (Å²) < 4.78 is 0. The SMILES string of the molecule is CC.CC.CNCCN1CCC(CN2CCN(C)CC2)CC1. The third-order valence-electron chi connectivity index (χ3n) is 4.50. The summed E-state index contributed by atoms with van der Waals surface area (Å²) in [7, 11) is 4.28. The molecule has 2 saturated heterocycles. The van der Waals surface area contributed by atoms with Crippen molar-refractivity contribution in [2.75, 3.05) is 73.0 Å². The van der Waals surface area contributed by atoms with Crippen molar-refractivity contribution in [3.8, 4) is 0 Å². The van der Waals surface area contributed by atoms with Crippen LogP contribution in [-0.2, 0) is 0 Å². The van der Waals surface area contributed by atoms with E-state index in [1.54, 1.807) is 0 Å². The maximum absolute atomic E-state index is 3.24. The molecule has 0 saturated carbocycles. The van der Waals surface area contributed by atoms with Crippen LogP contribution in [0.4, 0.5) is 0 Å². The van der Waals surface area contributed by atoms with Crippen LogP contribution in [0.2, 0.25) is 0 Å². The molecule has 0 radical (unpaired) electrons. The molecule has 2 aliphatic rings. The van der Waals surface area contributed by atoms with Crippen LogP contribution in [0.3, 0.4) is 0 Å². The molecule has 0 unspecified atom stereocenters. The first kappa shape index (κ1) is 21.8. The van der Waals surface area contributed by atoms with E-state index in [2.05, 4.69) is 27.1 Å². The molecular weight excluding hydrogens is 272 g/mol. The Hall–Kier alpha value is -0.160. The van der Waals surface area contributed by atoms with Gasteiger partial charge in [0.1, 0.15) is 0 Å². The lowest BCUT2D eigenvalue weighted by molar-refractivity contribution is 0.106. The smallest absolute Gasteiger partial charge is 0.0110 e. The van der Waals surface area contributed by atoms with Crippen molar-refractivity contribution in [2.24, 2.45) is 5.92 Å². The van der Waals surface area contributed by atoms with E-state index in [-0.39, 0.29) is 0 Å². The number of rotatable bonds is 5. The summed E-state index contributed by atoms with van der Waals surface area (Å²) in [5.74, 6) is 0.944. The van der Waals surface area contributed by atoms with Crippen molar-refractivity contribution in [2.45, 2.75) is 40.5 Å². The lowest BCUT2D eigenvalue weighted by Gasteiger charge is -2.38. The number of likely N-dealkylation sites (tertiary alicyclic amines) is 1. The van der Waals surface area contributed by atoms with Crippen LogP contribution in [0.15, 0.2) is 0 Å². The van der Waals surface area contributed by atoms with Crippen molar-refractivity contribution >= 4 is 0 Å². The molecule has 0 aromatic heterocycles. The van der Waals surface area contributed by atoms with Gasteiger partial charge in [-0.1, -0.05) is 27.7 Å². The number of piperidine rings is 1. The van der Waals surface area contributed by atoms with Gasteiger partial charge >= 0.3 is 0 Å². The Morgan fingerprint density at radius 2 is 1.36 bits per heavy atom. The number of hydrogen-bond donors (Lipinski definition) is 1. The van der Waals surface area contributed by atoms with Crippen LogP contribution in [0.5, 0.6) is 0 Å². The van der Waals surface area contributed by atoms with E-state index >= 15 is 0 Å². The van der Waals surface area contributed by atoms with Crippen LogP contribution in [0.25, 0.3) is 0 Å². The van der Waals surface area contributed by atoms with Crippen LogP contribution < -0.4 is 5.32 Å². The van der Waals surface area contributed by atoms with Gasteiger partial charge in [-0.15, -0.1) is 0 Å². The number of likely N-dealkylation sites (N-methyl/N-ethyl adjacent to an activating group) is 2. The van der Waals surface area contributed by atoms with Crippen molar-refractivity contribution in [1.29, 1.82) is 0 Å². The Morgan fingerprint density at radius 3 is 1.86 bits per heavy atom. The van der Waals surface area contributed by atoms with Gasteiger partial charge in [0.05, 0.1) is 0 Å². The van der Waals surface area contributed by atoms with E-state index in [4.69, 9.17) is 0 Å².